The fraction of sp³-hybridized carbons (Fsp3) is 0.278. The number of anilines is 1. The first kappa shape index (κ1) is 16.8. The summed E-state index contributed by atoms with van der Waals surface area (Å²) in [5.41, 5.74) is 3.30. The molecule has 1 atom stereocenters. The minimum atomic E-state index is 0.305. The Morgan fingerprint density at radius 2 is 1.86 bits per heavy atom. The van der Waals surface area contributed by atoms with Gasteiger partial charge < -0.3 is 10.6 Å². The van der Waals surface area contributed by atoms with Crippen LogP contribution in [0.15, 0.2) is 48.5 Å². The minimum absolute atomic E-state index is 0.305. The molecule has 0 spiro atoms. The second kappa shape index (κ2) is 8.16. The number of halogens is 1. The number of hydrogen-bond acceptors (Lipinski definition) is 1. The van der Waals surface area contributed by atoms with Gasteiger partial charge >= 0.3 is 0 Å². The zero-order chi connectivity index (χ0) is 15.9. The van der Waals surface area contributed by atoms with Gasteiger partial charge in [0.25, 0.3) is 0 Å². The van der Waals surface area contributed by atoms with Gasteiger partial charge in [-0.3, -0.25) is 0 Å². The lowest BCUT2D eigenvalue weighted by atomic mass is 10.1. The van der Waals surface area contributed by atoms with E-state index >= 15 is 0 Å². The standard InChI is InChI=1S/C18H21ClN2S/c1-13(11-12-15-7-4-3-5-8-15)20-18(22)21-17-10-6-9-16(19)14(17)2/h3-10,13H,11-12H2,1-2H3,(H2,20,21,22)/t13-/m0/s1. The van der Waals surface area contributed by atoms with E-state index in [1.54, 1.807) is 0 Å². The Morgan fingerprint density at radius 3 is 2.59 bits per heavy atom. The number of benzene rings is 2. The van der Waals surface area contributed by atoms with Gasteiger partial charge in [0.2, 0.25) is 0 Å². The Hall–Kier alpha value is -1.58. The molecule has 0 aliphatic rings. The van der Waals surface area contributed by atoms with Crippen LogP contribution in [0.2, 0.25) is 5.02 Å². The normalized spacial score (nSPS) is 11.8. The van der Waals surface area contributed by atoms with Crippen molar-refractivity contribution in [2.45, 2.75) is 32.7 Å². The van der Waals surface area contributed by atoms with E-state index in [2.05, 4.69) is 41.8 Å². The van der Waals surface area contributed by atoms with Crippen molar-refractivity contribution < 1.29 is 0 Å². The molecule has 0 heterocycles. The highest BCUT2D eigenvalue weighted by molar-refractivity contribution is 7.80. The molecular formula is C18H21ClN2S. The van der Waals surface area contributed by atoms with Crippen LogP contribution in [0.1, 0.15) is 24.5 Å². The fourth-order valence-corrected chi connectivity index (χ4v) is 2.71. The lowest BCUT2D eigenvalue weighted by molar-refractivity contribution is 0.609. The summed E-state index contributed by atoms with van der Waals surface area (Å²) < 4.78 is 0. The van der Waals surface area contributed by atoms with Gasteiger partial charge in [0, 0.05) is 16.8 Å². The van der Waals surface area contributed by atoms with Gasteiger partial charge in [-0.2, -0.15) is 0 Å². The minimum Gasteiger partial charge on any atom is -0.360 e. The monoisotopic (exact) mass is 332 g/mol. The van der Waals surface area contributed by atoms with Crippen LogP contribution in [0, 0.1) is 6.92 Å². The average Bonchev–Trinajstić information content (AvgIpc) is 2.51. The molecule has 116 valence electrons. The van der Waals surface area contributed by atoms with Crippen LogP contribution in [0.5, 0.6) is 0 Å². The van der Waals surface area contributed by atoms with E-state index in [4.69, 9.17) is 23.8 Å². The highest BCUT2D eigenvalue weighted by atomic mass is 35.5. The summed E-state index contributed by atoms with van der Waals surface area (Å²) in [6.45, 7) is 4.12. The lowest BCUT2D eigenvalue weighted by Gasteiger charge is -2.18. The summed E-state index contributed by atoms with van der Waals surface area (Å²) in [6.07, 6.45) is 2.06. The molecule has 0 bridgehead atoms. The first-order valence-electron chi connectivity index (χ1n) is 7.43. The topological polar surface area (TPSA) is 24.1 Å². The molecular weight excluding hydrogens is 312 g/mol. The summed E-state index contributed by atoms with van der Waals surface area (Å²) in [5, 5.41) is 7.91. The second-order valence-electron chi connectivity index (χ2n) is 5.44. The Morgan fingerprint density at radius 1 is 1.14 bits per heavy atom. The Labute approximate surface area is 142 Å². The molecule has 0 fully saturated rings. The van der Waals surface area contributed by atoms with Gasteiger partial charge in [0.05, 0.1) is 0 Å². The van der Waals surface area contributed by atoms with Crippen molar-refractivity contribution in [1.29, 1.82) is 0 Å². The Kier molecular flexibility index (Phi) is 6.22. The van der Waals surface area contributed by atoms with Crippen molar-refractivity contribution in [3.05, 3.63) is 64.7 Å². The molecule has 0 aliphatic carbocycles. The molecule has 0 radical (unpaired) electrons. The highest BCUT2D eigenvalue weighted by Gasteiger charge is 2.07. The number of hydrogen-bond donors (Lipinski definition) is 2. The summed E-state index contributed by atoms with van der Waals surface area (Å²) in [5.74, 6) is 0. The average molecular weight is 333 g/mol. The highest BCUT2D eigenvalue weighted by Crippen LogP contribution is 2.22. The molecule has 0 aromatic heterocycles. The lowest BCUT2D eigenvalue weighted by Crippen LogP contribution is -2.36. The predicted molar refractivity (Wildman–Crippen MR) is 99.8 cm³/mol. The molecule has 2 aromatic carbocycles. The maximum atomic E-state index is 6.12. The fourth-order valence-electron chi connectivity index (χ4n) is 2.23. The van der Waals surface area contributed by atoms with E-state index in [1.165, 1.54) is 5.56 Å². The van der Waals surface area contributed by atoms with E-state index in [1.807, 2.05) is 31.2 Å². The van der Waals surface area contributed by atoms with Crippen LogP contribution in [0.3, 0.4) is 0 Å². The van der Waals surface area contributed by atoms with E-state index in [0.29, 0.717) is 11.2 Å². The predicted octanol–water partition coefficient (Wildman–Crippen LogP) is 4.96. The largest absolute Gasteiger partial charge is 0.360 e. The summed E-state index contributed by atoms with van der Waals surface area (Å²) >= 11 is 11.5. The maximum Gasteiger partial charge on any atom is 0.170 e. The second-order valence-corrected chi connectivity index (χ2v) is 6.25. The molecule has 4 heteroatoms. The van der Waals surface area contributed by atoms with Gasteiger partial charge in [-0.25, -0.2) is 0 Å². The molecule has 2 nitrogen and oxygen atoms in total. The van der Waals surface area contributed by atoms with Gasteiger partial charge in [-0.1, -0.05) is 48.0 Å². The van der Waals surface area contributed by atoms with E-state index < -0.39 is 0 Å². The van der Waals surface area contributed by atoms with Gasteiger partial charge in [0.1, 0.15) is 0 Å². The van der Waals surface area contributed by atoms with E-state index in [-0.39, 0.29) is 0 Å². The van der Waals surface area contributed by atoms with Gasteiger partial charge in [-0.15, -0.1) is 0 Å². The first-order valence-corrected chi connectivity index (χ1v) is 8.21. The van der Waals surface area contributed by atoms with E-state index in [0.717, 1.165) is 29.1 Å². The van der Waals surface area contributed by atoms with Gasteiger partial charge in [-0.05, 0) is 62.2 Å². The number of rotatable bonds is 5. The van der Waals surface area contributed by atoms with Crippen LogP contribution in [0.4, 0.5) is 5.69 Å². The molecule has 0 unspecified atom stereocenters. The summed E-state index contributed by atoms with van der Waals surface area (Å²) in [7, 11) is 0. The first-order chi connectivity index (χ1) is 10.6. The molecule has 0 amide bonds. The van der Waals surface area contributed by atoms with Crippen molar-refractivity contribution in [1.82, 2.24) is 5.32 Å². The van der Waals surface area contributed by atoms with Crippen molar-refractivity contribution >= 4 is 34.6 Å². The molecule has 0 saturated heterocycles. The molecule has 2 N–H and O–H groups in total. The molecule has 0 aliphatic heterocycles. The maximum absolute atomic E-state index is 6.12. The third-order valence-corrected chi connectivity index (χ3v) is 4.23. The summed E-state index contributed by atoms with van der Waals surface area (Å²) in [4.78, 5) is 0. The van der Waals surface area contributed by atoms with Crippen molar-refractivity contribution in [2.24, 2.45) is 0 Å². The molecule has 0 saturated carbocycles. The quantitative estimate of drug-likeness (QED) is 0.757. The zero-order valence-electron chi connectivity index (χ0n) is 12.9. The third kappa shape index (κ3) is 5.00. The SMILES string of the molecule is Cc1c(Cl)cccc1NC(=S)N[C@@H](C)CCc1ccccc1. The van der Waals surface area contributed by atoms with Crippen molar-refractivity contribution in [2.75, 3.05) is 5.32 Å². The van der Waals surface area contributed by atoms with Gasteiger partial charge in [0.15, 0.2) is 5.11 Å². The molecule has 2 aromatic rings. The van der Waals surface area contributed by atoms with Crippen molar-refractivity contribution in [3.8, 4) is 0 Å². The number of nitrogens with one attached hydrogen (secondary N) is 2. The zero-order valence-corrected chi connectivity index (χ0v) is 14.5. The third-order valence-electron chi connectivity index (χ3n) is 3.60. The summed E-state index contributed by atoms with van der Waals surface area (Å²) in [6, 6.07) is 16.6. The molecule has 2 rings (SSSR count). The van der Waals surface area contributed by atoms with Crippen LogP contribution in [-0.2, 0) is 6.42 Å². The van der Waals surface area contributed by atoms with Crippen LogP contribution in [-0.4, -0.2) is 11.2 Å². The number of aryl methyl sites for hydroxylation is 1. The van der Waals surface area contributed by atoms with Crippen LogP contribution < -0.4 is 10.6 Å². The van der Waals surface area contributed by atoms with Crippen LogP contribution in [0.25, 0.3) is 0 Å². The van der Waals surface area contributed by atoms with E-state index in [9.17, 15) is 0 Å². The Bertz CT molecular complexity index is 628. The van der Waals surface area contributed by atoms with Crippen molar-refractivity contribution in [3.63, 3.8) is 0 Å². The molecule has 22 heavy (non-hydrogen) atoms. The number of thiocarbonyl (C=S) groups is 1. The smallest absolute Gasteiger partial charge is 0.170 e. The Balaban J connectivity index is 1.82. The van der Waals surface area contributed by atoms with Crippen LogP contribution >= 0.6 is 23.8 Å².